The van der Waals surface area contributed by atoms with Crippen LogP contribution in [0.2, 0.25) is 5.02 Å². The molecule has 0 atom stereocenters. The van der Waals surface area contributed by atoms with Crippen LogP contribution in [0.5, 0.6) is 11.5 Å². The molecule has 0 fully saturated rings. The van der Waals surface area contributed by atoms with Gasteiger partial charge in [-0.1, -0.05) is 23.7 Å². The lowest BCUT2D eigenvalue weighted by atomic mass is 10.1. The number of ether oxygens (including phenoxy) is 2. The molecular formula is C17H21ClNO2+. The smallest absolute Gasteiger partial charge is 0.161 e. The lowest BCUT2D eigenvalue weighted by Crippen LogP contribution is -2.83. The van der Waals surface area contributed by atoms with Crippen molar-refractivity contribution in [2.75, 3.05) is 20.8 Å². The molecule has 0 radical (unpaired) electrons. The van der Waals surface area contributed by atoms with Crippen molar-refractivity contribution >= 4 is 11.6 Å². The second-order valence-corrected chi connectivity index (χ2v) is 5.28. The Kier molecular flexibility index (Phi) is 5.90. The molecule has 2 aromatic carbocycles. The van der Waals surface area contributed by atoms with Gasteiger partial charge in [-0.3, -0.25) is 0 Å². The third kappa shape index (κ3) is 4.66. The van der Waals surface area contributed by atoms with Gasteiger partial charge in [0.05, 0.1) is 20.8 Å². The highest BCUT2D eigenvalue weighted by Gasteiger charge is 2.05. The van der Waals surface area contributed by atoms with Crippen LogP contribution in [0.25, 0.3) is 0 Å². The van der Waals surface area contributed by atoms with Crippen molar-refractivity contribution in [1.82, 2.24) is 0 Å². The highest BCUT2D eigenvalue weighted by atomic mass is 35.5. The third-order valence-corrected chi connectivity index (χ3v) is 3.63. The van der Waals surface area contributed by atoms with Crippen LogP contribution >= 0.6 is 11.6 Å². The maximum atomic E-state index is 5.88. The zero-order valence-electron chi connectivity index (χ0n) is 12.4. The molecule has 3 nitrogen and oxygen atoms in total. The first-order valence-electron chi connectivity index (χ1n) is 7.00. The molecule has 0 bridgehead atoms. The van der Waals surface area contributed by atoms with Gasteiger partial charge in [0, 0.05) is 17.0 Å². The van der Waals surface area contributed by atoms with E-state index >= 15 is 0 Å². The average Bonchev–Trinajstić information content (AvgIpc) is 2.53. The Balaban J connectivity index is 1.82. The van der Waals surface area contributed by atoms with E-state index in [-0.39, 0.29) is 0 Å². The van der Waals surface area contributed by atoms with Crippen LogP contribution in [0.4, 0.5) is 0 Å². The van der Waals surface area contributed by atoms with Crippen LogP contribution in [0.1, 0.15) is 11.1 Å². The summed E-state index contributed by atoms with van der Waals surface area (Å²) in [5.41, 5.74) is 2.53. The number of benzene rings is 2. The number of hydrogen-bond donors (Lipinski definition) is 1. The predicted octanol–water partition coefficient (Wildman–Crippen LogP) is 2.66. The second kappa shape index (κ2) is 7.91. The van der Waals surface area contributed by atoms with Gasteiger partial charge >= 0.3 is 0 Å². The van der Waals surface area contributed by atoms with Crippen molar-refractivity contribution in [3.8, 4) is 11.5 Å². The Morgan fingerprint density at radius 3 is 2.24 bits per heavy atom. The van der Waals surface area contributed by atoms with Gasteiger partial charge in [-0.05, 0) is 35.9 Å². The van der Waals surface area contributed by atoms with Gasteiger partial charge in [0.2, 0.25) is 0 Å². The summed E-state index contributed by atoms with van der Waals surface area (Å²) >= 11 is 5.88. The van der Waals surface area contributed by atoms with Gasteiger partial charge in [-0.25, -0.2) is 0 Å². The van der Waals surface area contributed by atoms with Gasteiger partial charge in [-0.2, -0.15) is 0 Å². The fourth-order valence-electron chi connectivity index (χ4n) is 2.20. The minimum absolute atomic E-state index is 0.766. The summed E-state index contributed by atoms with van der Waals surface area (Å²) in [5, 5.41) is 3.07. The summed E-state index contributed by atoms with van der Waals surface area (Å²) in [6, 6.07) is 14.1. The van der Waals surface area contributed by atoms with E-state index in [1.54, 1.807) is 14.2 Å². The van der Waals surface area contributed by atoms with Gasteiger partial charge in [-0.15, -0.1) is 0 Å². The Bertz CT molecular complexity index is 570. The van der Waals surface area contributed by atoms with Gasteiger partial charge in [0.1, 0.15) is 6.54 Å². The third-order valence-electron chi connectivity index (χ3n) is 3.38. The fourth-order valence-corrected chi connectivity index (χ4v) is 2.32. The molecule has 0 aliphatic carbocycles. The highest BCUT2D eigenvalue weighted by Crippen LogP contribution is 2.27. The monoisotopic (exact) mass is 306 g/mol. The molecule has 2 rings (SSSR count). The SMILES string of the molecule is COc1ccc(C[NH2+]CCc2ccc(Cl)cc2)cc1OC. The van der Waals surface area contributed by atoms with Crippen LogP contribution in [0.15, 0.2) is 42.5 Å². The van der Waals surface area contributed by atoms with Crippen LogP contribution < -0.4 is 14.8 Å². The summed E-state index contributed by atoms with van der Waals surface area (Å²) in [6.07, 6.45) is 1.03. The number of rotatable bonds is 7. The first kappa shape index (κ1) is 15.7. The van der Waals surface area contributed by atoms with E-state index in [0.717, 1.165) is 36.0 Å². The summed E-state index contributed by atoms with van der Waals surface area (Å²) in [7, 11) is 3.31. The Morgan fingerprint density at radius 2 is 1.57 bits per heavy atom. The van der Waals surface area contributed by atoms with E-state index in [1.165, 1.54) is 11.1 Å². The lowest BCUT2D eigenvalue weighted by Gasteiger charge is -2.09. The molecule has 0 saturated heterocycles. The van der Waals surface area contributed by atoms with Crippen molar-refractivity contribution in [1.29, 1.82) is 0 Å². The van der Waals surface area contributed by atoms with Crippen molar-refractivity contribution in [2.45, 2.75) is 13.0 Å². The van der Waals surface area contributed by atoms with E-state index in [1.807, 2.05) is 24.3 Å². The normalized spacial score (nSPS) is 10.4. The van der Waals surface area contributed by atoms with Crippen molar-refractivity contribution in [2.24, 2.45) is 0 Å². The zero-order chi connectivity index (χ0) is 15.1. The first-order valence-corrected chi connectivity index (χ1v) is 7.37. The number of nitrogens with two attached hydrogens (primary N) is 1. The Labute approximate surface area is 130 Å². The highest BCUT2D eigenvalue weighted by molar-refractivity contribution is 6.30. The summed E-state index contributed by atoms with van der Waals surface area (Å²) in [4.78, 5) is 0. The molecule has 4 heteroatoms. The number of methoxy groups -OCH3 is 2. The van der Waals surface area contributed by atoms with Crippen LogP contribution in [0.3, 0.4) is 0 Å². The summed E-state index contributed by atoms with van der Waals surface area (Å²) in [6.45, 7) is 1.96. The molecule has 0 saturated carbocycles. The number of quaternary nitrogens is 1. The van der Waals surface area contributed by atoms with Crippen molar-refractivity contribution in [3.63, 3.8) is 0 Å². The molecule has 0 unspecified atom stereocenters. The lowest BCUT2D eigenvalue weighted by molar-refractivity contribution is -0.670. The number of hydrogen-bond acceptors (Lipinski definition) is 2. The zero-order valence-corrected chi connectivity index (χ0v) is 13.2. The molecule has 0 amide bonds. The minimum atomic E-state index is 0.766. The average molecular weight is 307 g/mol. The maximum absolute atomic E-state index is 5.88. The minimum Gasteiger partial charge on any atom is -0.493 e. The summed E-state index contributed by atoms with van der Waals surface area (Å²) < 4.78 is 10.6. The maximum Gasteiger partial charge on any atom is 0.161 e. The first-order chi connectivity index (χ1) is 10.2. The topological polar surface area (TPSA) is 35.1 Å². The van der Waals surface area contributed by atoms with E-state index in [2.05, 4.69) is 23.5 Å². The molecule has 2 N–H and O–H groups in total. The molecule has 0 aromatic heterocycles. The quantitative estimate of drug-likeness (QED) is 0.798. The molecule has 0 spiro atoms. The number of halogens is 1. The van der Waals surface area contributed by atoms with E-state index in [0.29, 0.717) is 0 Å². The standard InChI is InChI=1S/C17H20ClNO2/c1-20-16-8-5-14(11-17(16)21-2)12-19-10-9-13-3-6-15(18)7-4-13/h3-8,11,19H,9-10,12H2,1-2H3/p+1. The van der Waals surface area contributed by atoms with Gasteiger partial charge in [0.25, 0.3) is 0 Å². The molecule has 0 heterocycles. The van der Waals surface area contributed by atoms with Crippen molar-refractivity contribution in [3.05, 3.63) is 58.6 Å². The predicted molar refractivity (Wildman–Crippen MR) is 85.2 cm³/mol. The molecule has 21 heavy (non-hydrogen) atoms. The Morgan fingerprint density at radius 1 is 0.905 bits per heavy atom. The molecule has 0 aliphatic rings. The van der Waals surface area contributed by atoms with Crippen LogP contribution in [-0.2, 0) is 13.0 Å². The van der Waals surface area contributed by atoms with E-state index in [4.69, 9.17) is 21.1 Å². The van der Waals surface area contributed by atoms with Crippen LogP contribution in [-0.4, -0.2) is 20.8 Å². The van der Waals surface area contributed by atoms with Gasteiger partial charge < -0.3 is 14.8 Å². The molecule has 2 aromatic rings. The van der Waals surface area contributed by atoms with E-state index < -0.39 is 0 Å². The largest absolute Gasteiger partial charge is 0.493 e. The Hall–Kier alpha value is -1.71. The second-order valence-electron chi connectivity index (χ2n) is 4.85. The van der Waals surface area contributed by atoms with Crippen molar-refractivity contribution < 1.29 is 14.8 Å². The van der Waals surface area contributed by atoms with Crippen LogP contribution in [0, 0.1) is 0 Å². The molecule has 0 aliphatic heterocycles. The molecule has 112 valence electrons. The molecular weight excluding hydrogens is 286 g/mol. The van der Waals surface area contributed by atoms with Gasteiger partial charge in [0.15, 0.2) is 11.5 Å². The van der Waals surface area contributed by atoms with E-state index in [9.17, 15) is 0 Å². The summed E-state index contributed by atoms with van der Waals surface area (Å²) in [5.74, 6) is 1.54. The fraction of sp³-hybridized carbons (Fsp3) is 0.294.